The average Bonchev–Trinajstić information content (AvgIpc) is 2.70. The number of carbonyl (C=O) groups is 2. The van der Waals surface area contributed by atoms with Gasteiger partial charge in [-0.15, -0.1) is 0 Å². The summed E-state index contributed by atoms with van der Waals surface area (Å²) in [5.41, 5.74) is 1.89. The number of ether oxygens (including phenoxy) is 1. The fourth-order valence-corrected chi connectivity index (χ4v) is 3.28. The molecule has 2 amide bonds. The first-order chi connectivity index (χ1) is 13.8. The van der Waals surface area contributed by atoms with Crippen LogP contribution in [-0.2, 0) is 16.1 Å². The number of halogens is 2. The third kappa shape index (κ3) is 6.94. The summed E-state index contributed by atoms with van der Waals surface area (Å²) in [7, 11) is 1.55. The van der Waals surface area contributed by atoms with Gasteiger partial charge in [-0.2, -0.15) is 0 Å². The maximum atomic E-state index is 12.9. The Morgan fingerprint density at radius 2 is 1.83 bits per heavy atom. The van der Waals surface area contributed by atoms with Crippen molar-refractivity contribution in [3.63, 3.8) is 0 Å². The minimum atomic E-state index is -0.628. The third-order valence-corrected chi connectivity index (χ3v) is 5.18. The quantitative estimate of drug-likeness (QED) is 0.583. The van der Waals surface area contributed by atoms with E-state index in [4.69, 9.17) is 27.9 Å². The zero-order valence-electron chi connectivity index (χ0n) is 16.9. The highest BCUT2D eigenvalue weighted by Gasteiger charge is 2.25. The van der Waals surface area contributed by atoms with E-state index in [0.29, 0.717) is 23.1 Å². The Morgan fingerprint density at radius 1 is 1.14 bits per heavy atom. The molecule has 0 aromatic heterocycles. The van der Waals surface area contributed by atoms with Gasteiger partial charge in [0, 0.05) is 30.1 Å². The number of hydrogen-bond acceptors (Lipinski definition) is 3. The van der Waals surface area contributed by atoms with Gasteiger partial charge in [-0.25, -0.2) is 0 Å². The zero-order valence-corrected chi connectivity index (χ0v) is 18.4. The van der Waals surface area contributed by atoms with Crippen molar-refractivity contribution >= 4 is 35.0 Å². The number of rotatable bonds is 9. The molecule has 0 saturated heterocycles. The molecule has 0 fully saturated rings. The summed E-state index contributed by atoms with van der Waals surface area (Å²) in [6.45, 7) is 4.35. The molecule has 0 aliphatic rings. The second-order valence-corrected chi connectivity index (χ2v) is 7.66. The van der Waals surface area contributed by atoms with Crippen molar-refractivity contribution in [2.75, 3.05) is 13.7 Å². The summed E-state index contributed by atoms with van der Waals surface area (Å²) in [6, 6.07) is 12.2. The highest BCUT2D eigenvalue weighted by Crippen LogP contribution is 2.23. The molecule has 0 radical (unpaired) electrons. The van der Waals surface area contributed by atoms with E-state index in [-0.39, 0.29) is 24.8 Å². The van der Waals surface area contributed by atoms with Crippen molar-refractivity contribution in [3.8, 4) is 5.75 Å². The van der Waals surface area contributed by atoms with Gasteiger partial charge < -0.3 is 15.0 Å². The molecule has 2 rings (SSSR count). The van der Waals surface area contributed by atoms with Crippen molar-refractivity contribution in [2.45, 2.75) is 39.3 Å². The molecule has 0 saturated carbocycles. The number of benzene rings is 2. The van der Waals surface area contributed by atoms with Crippen LogP contribution in [0, 0.1) is 6.92 Å². The zero-order chi connectivity index (χ0) is 21.4. The summed E-state index contributed by atoms with van der Waals surface area (Å²) in [4.78, 5) is 26.5. The van der Waals surface area contributed by atoms with Crippen molar-refractivity contribution in [1.82, 2.24) is 10.2 Å². The van der Waals surface area contributed by atoms with Crippen LogP contribution in [0.1, 0.15) is 30.9 Å². The second kappa shape index (κ2) is 11.1. The summed E-state index contributed by atoms with van der Waals surface area (Å²) < 4.78 is 5.69. The van der Waals surface area contributed by atoms with E-state index in [9.17, 15) is 9.59 Å². The molecule has 7 heteroatoms. The highest BCUT2D eigenvalue weighted by atomic mass is 35.5. The Kier molecular flexibility index (Phi) is 8.80. The molecule has 0 unspecified atom stereocenters. The van der Waals surface area contributed by atoms with Crippen molar-refractivity contribution in [3.05, 3.63) is 63.6 Å². The number of nitrogens with zero attached hydrogens (tertiary/aromatic N) is 1. The topological polar surface area (TPSA) is 58.6 Å². The normalized spacial score (nSPS) is 11.6. The maximum Gasteiger partial charge on any atom is 0.242 e. The Hall–Kier alpha value is -2.24. The van der Waals surface area contributed by atoms with E-state index in [1.807, 2.05) is 31.2 Å². The maximum absolute atomic E-state index is 12.9. The molecular weight excluding hydrogens is 411 g/mol. The second-order valence-electron chi connectivity index (χ2n) is 6.81. The average molecular weight is 437 g/mol. The number of hydrogen-bond donors (Lipinski definition) is 1. The van der Waals surface area contributed by atoms with Crippen LogP contribution in [0.3, 0.4) is 0 Å². The lowest BCUT2D eigenvalue weighted by atomic mass is 10.1. The Bertz CT molecular complexity index is 840. The van der Waals surface area contributed by atoms with Gasteiger partial charge in [-0.1, -0.05) is 47.0 Å². The molecule has 1 atom stereocenters. The molecule has 29 heavy (non-hydrogen) atoms. The standard InChI is InChI=1S/C22H26Cl2N2O3/c1-15-6-10-19(11-7-15)29-12-4-5-21(27)26(16(2)22(28)25-3)14-17-8-9-18(23)13-20(17)24/h6-11,13,16H,4-5,12,14H2,1-3H3,(H,25,28)/t16-/m0/s1. The van der Waals surface area contributed by atoms with Crippen LogP contribution in [0.15, 0.2) is 42.5 Å². The van der Waals surface area contributed by atoms with Gasteiger partial charge in [0.2, 0.25) is 11.8 Å². The summed E-state index contributed by atoms with van der Waals surface area (Å²) in [5.74, 6) is 0.394. The van der Waals surface area contributed by atoms with Gasteiger partial charge in [-0.05, 0) is 50.1 Å². The molecule has 0 aliphatic carbocycles. The number of carbonyl (C=O) groups excluding carboxylic acids is 2. The molecular formula is C22H26Cl2N2O3. The van der Waals surface area contributed by atoms with Crippen LogP contribution < -0.4 is 10.1 Å². The number of aryl methyl sites for hydroxylation is 1. The minimum Gasteiger partial charge on any atom is -0.494 e. The monoisotopic (exact) mass is 436 g/mol. The molecule has 1 N–H and O–H groups in total. The molecule has 0 spiro atoms. The Labute approximate surface area is 181 Å². The van der Waals surface area contributed by atoms with Gasteiger partial charge in [0.15, 0.2) is 0 Å². The number of likely N-dealkylation sites (N-methyl/N-ethyl adjacent to an activating group) is 1. The van der Waals surface area contributed by atoms with E-state index in [1.165, 1.54) is 4.90 Å². The van der Waals surface area contributed by atoms with Crippen molar-refractivity contribution in [1.29, 1.82) is 0 Å². The molecule has 2 aromatic rings. The van der Waals surface area contributed by atoms with E-state index in [1.54, 1.807) is 32.2 Å². The van der Waals surface area contributed by atoms with Crippen LogP contribution in [0.4, 0.5) is 0 Å². The number of nitrogens with one attached hydrogen (secondary N) is 1. The van der Waals surface area contributed by atoms with Crippen LogP contribution in [0.25, 0.3) is 0 Å². The van der Waals surface area contributed by atoms with E-state index in [2.05, 4.69) is 5.32 Å². The van der Waals surface area contributed by atoms with Gasteiger partial charge in [-0.3, -0.25) is 9.59 Å². The molecule has 2 aromatic carbocycles. The third-order valence-electron chi connectivity index (χ3n) is 4.59. The SMILES string of the molecule is CNC(=O)[C@H](C)N(Cc1ccc(Cl)cc1Cl)C(=O)CCCOc1ccc(C)cc1. The summed E-state index contributed by atoms with van der Waals surface area (Å²) in [5, 5.41) is 3.57. The van der Waals surface area contributed by atoms with E-state index < -0.39 is 6.04 Å². The smallest absolute Gasteiger partial charge is 0.242 e. The van der Waals surface area contributed by atoms with Crippen LogP contribution in [0.2, 0.25) is 10.0 Å². The molecule has 156 valence electrons. The molecule has 0 aliphatic heterocycles. The van der Waals surface area contributed by atoms with Gasteiger partial charge in [0.25, 0.3) is 0 Å². The van der Waals surface area contributed by atoms with Gasteiger partial charge in [0.05, 0.1) is 6.61 Å². The van der Waals surface area contributed by atoms with Gasteiger partial charge in [0.1, 0.15) is 11.8 Å². The molecule has 0 bridgehead atoms. The lowest BCUT2D eigenvalue weighted by molar-refractivity contribution is -0.140. The van der Waals surface area contributed by atoms with Crippen LogP contribution >= 0.6 is 23.2 Å². The van der Waals surface area contributed by atoms with Crippen LogP contribution in [0.5, 0.6) is 5.75 Å². The first kappa shape index (κ1) is 23.0. The Balaban J connectivity index is 2.00. The largest absolute Gasteiger partial charge is 0.494 e. The highest BCUT2D eigenvalue weighted by molar-refractivity contribution is 6.35. The number of amides is 2. The van der Waals surface area contributed by atoms with Crippen LogP contribution in [-0.4, -0.2) is 36.4 Å². The van der Waals surface area contributed by atoms with Gasteiger partial charge >= 0.3 is 0 Å². The molecule has 5 nitrogen and oxygen atoms in total. The van der Waals surface area contributed by atoms with Crippen molar-refractivity contribution < 1.29 is 14.3 Å². The lowest BCUT2D eigenvalue weighted by Gasteiger charge is -2.28. The summed E-state index contributed by atoms with van der Waals surface area (Å²) in [6.07, 6.45) is 0.802. The molecule has 0 heterocycles. The van der Waals surface area contributed by atoms with E-state index >= 15 is 0 Å². The Morgan fingerprint density at radius 3 is 2.45 bits per heavy atom. The predicted molar refractivity (Wildman–Crippen MR) is 116 cm³/mol. The summed E-state index contributed by atoms with van der Waals surface area (Å²) >= 11 is 12.2. The first-order valence-corrected chi connectivity index (χ1v) is 10.2. The minimum absolute atomic E-state index is 0.139. The first-order valence-electron chi connectivity index (χ1n) is 9.46. The van der Waals surface area contributed by atoms with E-state index in [0.717, 1.165) is 16.9 Å². The van der Waals surface area contributed by atoms with Crippen molar-refractivity contribution in [2.24, 2.45) is 0 Å². The predicted octanol–water partition coefficient (Wildman–Crippen LogP) is 4.62. The fourth-order valence-electron chi connectivity index (χ4n) is 2.82. The fraction of sp³-hybridized carbons (Fsp3) is 0.364. The lowest BCUT2D eigenvalue weighted by Crippen LogP contribution is -2.46.